The maximum Gasteiger partial charge on any atom is 0.145 e. The van der Waals surface area contributed by atoms with E-state index in [2.05, 4.69) is 10.3 Å². The van der Waals surface area contributed by atoms with Gasteiger partial charge in [-0.3, -0.25) is 0 Å². The molecule has 72 valence electrons. The molecule has 6 heteroatoms. The fourth-order valence-corrected chi connectivity index (χ4v) is 1.25. The van der Waals surface area contributed by atoms with Crippen LogP contribution < -0.4 is 5.73 Å². The normalized spacial score (nSPS) is 12.8. The van der Waals surface area contributed by atoms with Crippen LogP contribution in [0, 0.1) is 0 Å². The first-order valence-electron chi connectivity index (χ1n) is 3.80. The third kappa shape index (κ3) is 1.84. The van der Waals surface area contributed by atoms with Gasteiger partial charge in [0.05, 0.1) is 11.8 Å². The molecule has 1 aromatic rings. The number of nitrogens with two attached hydrogens (primary N) is 1. The molecule has 2 N–H and O–H groups in total. The summed E-state index contributed by atoms with van der Waals surface area (Å²) in [6, 6.07) is 0. The Morgan fingerprint density at radius 1 is 1.69 bits per heavy atom. The number of aromatic nitrogens is 3. The first kappa shape index (κ1) is 10.1. The number of hydrogen-bond donors (Lipinski definition) is 1. The van der Waals surface area contributed by atoms with Crippen LogP contribution in [0.2, 0.25) is 0 Å². The van der Waals surface area contributed by atoms with Crippen LogP contribution in [0.5, 0.6) is 0 Å². The van der Waals surface area contributed by atoms with Gasteiger partial charge in [-0.2, -0.15) is 0 Å². The van der Waals surface area contributed by atoms with Gasteiger partial charge in [0, 0.05) is 14.2 Å². The van der Waals surface area contributed by atoms with Crippen molar-refractivity contribution in [2.24, 2.45) is 12.8 Å². The summed E-state index contributed by atoms with van der Waals surface area (Å²) in [7, 11) is 3.39. The molecule has 0 aliphatic heterocycles. The summed E-state index contributed by atoms with van der Waals surface area (Å²) in [6.45, 7) is 1.89. The van der Waals surface area contributed by atoms with Gasteiger partial charge < -0.3 is 10.5 Å². The van der Waals surface area contributed by atoms with Crippen molar-refractivity contribution in [1.29, 1.82) is 0 Å². The zero-order chi connectivity index (χ0) is 10.0. The summed E-state index contributed by atoms with van der Waals surface area (Å²) in [4.78, 5) is 0.243. The quantitative estimate of drug-likeness (QED) is 0.704. The highest BCUT2D eigenvalue weighted by Gasteiger charge is 2.18. The van der Waals surface area contributed by atoms with Crippen LogP contribution >= 0.6 is 12.2 Å². The number of hydrogen-bond acceptors (Lipinski definition) is 4. The van der Waals surface area contributed by atoms with E-state index in [0.717, 1.165) is 5.69 Å². The molecule has 1 heterocycles. The number of nitrogens with zero attached hydrogens (tertiary/aromatic N) is 3. The van der Waals surface area contributed by atoms with Crippen LogP contribution in [0.25, 0.3) is 0 Å². The summed E-state index contributed by atoms with van der Waals surface area (Å²) in [5, 5.41) is 7.68. The van der Waals surface area contributed by atoms with Crippen LogP contribution in [0.15, 0.2) is 0 Å². The van der Waals surface area contributed by atoms with Gasteiger partial charge in [-0.15, -0.1) is 5.10 Å². The first-order valence-corrected chi connectivity index (χ1v) is 4.21. The van der Waals surface area contributed by atoms with E-state index in [1.54, 1.807) is 18.8 Å². The van der Waals surface area contributed by atoms with E-state index >= 15 is 0 Å². The Kier molecular flexibility index (Phi) is 2.94. The Balaban J connectivity index is 3.15. The molecule has 1 unspecified atom stereocenters. The first-order chi connectivity index (χ1) is 6.07. The largest absolute Gasteiger partial charge is 0.388 e. The Morgan fingerprint density at radius 2 is 2.31 bits per heavy atom. The molecule has 0 radical (unpaired) electrons. The average molecular weight is 200 g/mol. The zero-order valence-electron chi connectivity index (χ0n) is 7.81. The van der Waals surface area contributed by atoms with E-state index in [1.165, 1.54) is 0 Å². The average Bonchev–Trinajstić information content (AvgIpc) is 2.46. The minimum absolute atomic E-state index is 0.114. The molecule has 1 aromatic heterocycles. The minimum atomic E-state index is -0.114. The Morgan fingerprint density at radius 3 is 2.77 bits per heavy atom. The molecule has 1 atom stereocenters. The number of rotatable bonds is 3. The molecule has 0 aromatic carbocycles. The number of ether oxygens (including phenoxy) is 1. The zero-order valence-corrected chi connectivity index (χ0v) is 8.63. The van der Waals surface area contributed by atoms with Crippen molar-refractivity contribution in [3.8, 4) is 0 Å². The molecule has 0 amide bonds. The maximum absolute atomic E-state index is 5.48. The van der Waals surface area contributed by atoms with Crippen molar-refractivity contribution in [1.82, 2.24) is 15.0 Å². The lowest BCUT2D eigenvalue weighted by molar-refractivity contribution is 0.112. The number of thiocarbonyl (C=S) groups is 1. The molecule has 5 nitrogen and oxygen atoms in total. The topological polar surface area (TPSA) is 66.0 Å². The SMILES string of the molecule is COC(C)c1c(C(N)=S)nnn1C. The lowest BCUT2D eigenvalue weighted by atomic mass is 10.2. The van der Waals surface area contributed by atoms with Gasteiger partial charge in [0.2, 0.25) is 0 Å². The van der Waals surface area contributed by atoms with Crippen molar-refractivity contribution in [2.75, 3.05) is 7.11 Å². The smallest absolute Gasteiger partial charge is 0.145 e. The van der Waals surface area contributed by atoms with Crippen molar-refractivity contribution >= 4 is 17.2 Å². The fourth-order valence-electron chi connectivity index (χ4n) is 1.11. The lowest BCUT2D eigenvalue weighted by Crippen LogP contribution is -2.15. The van der Waals surface area contributed by atoms with Gasteiger partial charge in [0.25, 0.3) is 0 Å². The van der Waals surface area contributed by atoms with Crippen LogP contribution in [0.3, 0.4) is 0 Å². The van der Waals surface area contributed by atoms with Gasteiger partial charge in [-0.05, 0) is 6.92 Å². The Bertz CT molecular complexity index is 322. The van der Waals surface area contributed by atoms with E-state index in [4.69, 9.17) is 22.7 Å². The Labute approximate surface area is 81.9 Å². The molecule has 13 heavy (non-hydrogen) atoms. The van der Waals surface area contributed by atoms with Crippen molar-refractivity contribution in [3.05, 3.63) is 11.4 Å². The second-order valence-corrected chi connectivity index (χ2v) is 3.13. The van der Waals surface area contributed by atoms with Crippen LogP contribution in [0.1, 0.15) is 24.4 Å². The predicted octanol–water partition coefficient (Wildman–Crippen LogP) is 0.157. The monoisotopic (exact) mass is 200 g/mol. The van der Waals surface area contributed by atoms with Gasteiger partial charge in [0.15, 0.2) is 0 Å². The van der Waals surface area contributed by atoms with E-state index in [1.807, 2.05) is 6.92 Å². The van der Waals surface area contributed by atoms with E-state index in [-0.39, 0.29) is 11.1 Å². The van der Waals surface area contributed by atoms with E-state index < -0.39 is 0 Å². The molecule has 0 saturated carbocycles. The van der Waals surface area contributed by atoms with Crippen molar-refractivity contribution in [2.45, 2.75) is 13.0 Å². The number of methoxy groups -OCH3 is 1. The highest BCUT2D eigenvalue weighted by molar-refractivity contribution is 7.80. The van der Waals surface area contributed by atoms with E-state index in [9.17, 15) is 0 Å². The lowest BCUT2D eigenvalue weighted by Gasteiger charge is -2.10. The Hall–Kier alpha value is -1.01. The van der Waals surface area contributed by atoms with Crippen molar-refractivity contribution < 1.29 is 4.74 Å². The van der Waals surface area contributed by atoms with Gasteiger partial charge >= 0.3 is 0 Å². The van der Waals surface area contributed by atoms with Crippen LogP contribution in [-0.2, 0) is 11.8 Å². The third-order valence-electron chi connectivity index (χ3n) is 1.84. The van der Waals surface area contributed by atoms with Gasteiger partial charge in [0.1, 0.15) is 10.7 Å². The molecule has 0 aliphatic rings. The van der Waals surface area contributed by atoms with Crippen molar-refractivity contribution in [3.63, 3.8) is 0 Å². The molecule has 0 fully saturated rings. The molecule has 0 spiro atoms. The standard InChI is InChI=1S/C7H12N4OS/c1-4(12-3)6-5(7(8)13)9-10-11(6)2/h4H,1-3H3,(H2,8,13). The maximum atomic E-state index is 5.48. The molecular formula is C7H12N4OS. The highest BCUT2D eigenvalue weighted by Crippen LogP contribution is 2.17. The second kappa shape index (κ2) is 3.80. The molecule has 1 rings (SSSR count). The van der Waals surface area contributed by atoms with Gasteiger partial charge in [-0.25, -0.2) is 4.68 Å². The predicted molar refractivity (Wildman–Crippen MR) is 52.3 cm³/mol. The summed E-state index contributed by atoms with van der Waals surface area (Å²) in [5.74, 6) is 0. The molecule has 0 bridgehead atoms. The van der Waals surface area contributed by atoms with E-state index in [0.29, 0.717) is 5.69 Å². The summed E-state index contributed by atoms with van der Waals surface area (Å²) >= 11 is 4.84. The summed E-state index contributed by atoms with van der Waals surface area (Å²) in [6.07, 6.45) is -0.114. The molecule has 0 saturated heterocycles. The third-order valence-corrected chi connectivity index (χ3v) is 2.04. The van der Waals surface area contributed by atoms with Gasteiger partial charge in [-0.1, -0.05) is 17.4 Å². The summed E-state index contributed by atoms with van der Waals surface area (Å²) in [5.41, 5.74) is 6.82. The van der Waals surface area contributed by atoms with Crippen LogP contribution in [0.4, 0.5) is 0 Å². The highest BCUT2D eigenvalue weighted by atomic mass is 32.1. The summed E-state index contributed by atoms with van der Waals surface area (Å²) < 4.78 is 6.76. The second-order valence-electron chi connectivity index (χ2n) is 2.69. The number of aryl methyl sites for hydroxylation is 1. The molecule has 0 aliphatic carbocycles. The fraction of sp³-hybridized carbons (Fsp3) is 0.571. The molecular weight excluding hydrogens is 188 g/mol. The van der Waals surface area contributed by atoms with Crippen LogP contribution in [-0.4, -0.2) is 27.1 Å². The minimum Gasteiger partial charge on any atom is -0.388 e.